The molecule has 0 aromatic heterocycles. The van der Waals surface area contributed by atoms with Crippen molar-refractivity contribution in [3.05, 3.63) is 5.21 Å². The van der Waals surface area contributed by atoms with Crippen LogP contribution in [0.2, 0.25) is 0 Å². The summed E-state index contributed by atoms with van der Waals surface area (Å²) in [7, 11) is 0. The maximum Gasteiger partial charge on any atom is 0.142 e. The first-order valence-corrected chi connectivity index (χ1v) is 8.26. The molecular formula is C16H25NO3. The Labute approximate surface area is 120 Å². The molecule has 2 saturated heterocycles. The number of hydrogen-bond acceptors (Lipinski definition) is 3. The largest absolute Gasteiger partial charge is 0.632 e. The Bertz CT molecular complexity index is 463. The summed E-state index contributed by atoms with van der Waals surface area (Å²) in [5.74, 6) is 0.572. The zero-order chi connectivity index (χ0) is 14.2. The van der Waals surface area contributed by atoms with Gasteiger partial charge in [-0.1, -0.05) is 6.92 Å². The van der Waals surface area contributed by atoms with Crippen molar-refractivity contribution in [3.63, 3.8) is 0 Å². The van der Waals surface area contributed by atoms with Crippen molar-refractivity contribution in [2.75, 3.05) is 13.1 Å². The maximum absolute atomic E-state index is 13.6. The molecular weight excluding hydrogens is 254 g/mol. The summed E-state index contributed by atoms with van der Waals surface area (Å²) in [6.45, 7) is 3.40. The first-order valence-electron chi connectivity index (χ1n) is 8.26. The smallest absolute Gasteiger partial charge is 0.142 e. The molecule has 2 aliphatic heterocycles. The van der Waals surface area contributed by atoms with Crippen molar-refractivity contribution in [2.24, 2.45) is 17.8 Å². The third-order valence-corrected chi connectivity index (χ3v) is 7.00. The molecule has 4 rings (SSSR count). The molecule has 0 aromatic carbocycles. The van der Waals surface area contributed by atoms with Gasteiger partial charge in [-0.15, -0.1) is 0 Å². The molecule has 2 bridgehead atoms. The Morgan fingerprint density at radius 1 is 1.35 bits per heavy atom. The van der Waals surface area contributed by atoms with Crippen molar-refractivity contribution < 1.29 is 14.5 Å². The standard InChI is InChI=1S/C16H25NO3/c1-11-8-12-9-14(18)13-4-2-6-17(20)7-3-5-16(12,19)15(13,17)10-11/h11-13,19H,2-10H2,1H3/t11-,12+,13-,15+,16+,17?/m1/s1. The topological polar surface area (TPSA) is 60.4 Å². The minimum atomic E-state index is -0.876. The summed E-state index contributed by atoms with van der Waals surface area (Å²) in [5, 5.41) is 25.1. The Balaban J connectivity index is 1.94. The average Bonchev–Trinajstić information content (AvgIpc) is 2.36. The Hall–Kier alpha value is -0.450. The number of nitrogens with zero attached hydrogens (tertiary/aromatic N) is 1. The fourth-order valence-electron chi connectivity index (χ4n) is 6.46. The predicted molar refractivity (Wildman–Crippen MR) is 74.5 cm³/mol. The number of carbonyl (C=O) groups is 1. The van der Waals surface area contributed by atoms with E-state index in [0.29, 0.717) is 25.4 Å². The van der Waals surface area contributed by atoms with E-state index in [0.717, 1.165) is 38.5 Å². The minimum absolute atomic E-state index is 0.0276. The third-order valence-electron chi connectivity index (χ3n) is 7.00. The fourth-order valence-corrected chi connectivity index (χ4v) is 6.46. The molecule has 4 fully saturated rings. The van der Waals surface area contributed by atoms with Gasteiger partial charge in [-0.05, 0) is 38.0 Å². The van der Waals surface area contributed by atoms with Gasteiger partial charge in [0.2, 0.25) is 0 Å². The molecule has 0 radical (unpaired) electrons. The summed E-state index contributed by atoms with van der Waals surface area (Å²) in [4.78, 5) is 12.6. The van der Waals surface area contributed by atoms with Crippen LogP contribution in [0.5, 0.6) is 0 Å². The number of hydrogen-bond donors (Lipinski definition) is 1. The lowest BCUT2D eigenvalue weighted by Gasteiger charge is -2.74. The fraction of sp³-hybridized carbons (Fsp3) is 0.938. The number of carbonyl (C=O) groups excluding carboxylic acids is 1. The molecule has 4 heteroatoms. The van der Waals surface area contributed by atoms with Gasteiger partial charge in [0.05, 0.1) is 19.0 Å². The SMILES string of the molecule is C[C@@H]1C[C@H]2CC(=O)[C@H]3CCC[N+]4([O-])CCC[C@@]2(O)[C@]34C1. The highest BCUT2D eigenvalue weighted by Crippen LogP contribution is 2.63. The highest BCUT2D eigenvalue weighted by atomic mass is 16.6. The van der Waals surface area contributed by atoms with Crippen LogP contribution in [0, 0.1) is 23.0 Å². The van der Waals surface area contributed by atoms with E-state index in [-0.39, 0.29) is 22.3 Å². The van der Waals surface area contributed by atoms with Gasteiger partial charge in [-0.25, -0.2) is 0 Å². The van der Waals surface area contributed by atoms with Gasteiger partial charge < -0.3 is 15.0 Å². The van der Waals surface area contributed by atoms with E-state index in [9.17, 15) is 15.1 Å². The van der Waals surface area contributed by atoms with Crippen LogP contribution in [0.1, 0.15) is 51.9 Å². The number of rotatable bonds is 0. The van der Waals surface area contributed by atoms with Crippen LogP contribution in [-0.2, 0) is 4.79 Å². The third kappa shape index (κ3) is 1.27. The molecule has 2 heterocycles. The predicted octanol–water partition coefficient (Wildman–Crippen LogP) is 1.99. The Morgan fingerprint density at radius 3 is 2.90 bits per heavy atom. The number of quaternary nitrogens is 1. The molecule has 20 heavy (non-hydrogen) atoms. The quantitative estimate of drug-likeness (QED) is 0.545. The summed E-state index contributed by atoms with van der Waals surface area (Å²) in [5.41, 5.74) is -1.58. The van der Waals surface area contributed by atoms with Crippen molar-refractivity contribution in [3.8, 4) is 0 Å². The normalized spacial score (nSPS) is 58.1. The molecule has 0 aromatic rings. The summed E-state index contributed by atoms with van der Waals surface area (Å²) in [6.07, 6.45) is 5.38. The molecule has 2 aliphatic carbocycles. The number of Topliss-reactive ketones (excluding diaryl/α,β-unsaturated/α-hetero) is 1. The zero-order valence-electron chi connectivity index (χ0n) is 12.3. The Kier molecular flexibility index (Phi) is 2.54. The van der Waals surface area contributed by atoms with E-state index in [1.807, 2.05) is 0 Å². The first kappa shape index (κ1) is 13.2. The van der Waals surface area contributed by atoms with Crippen LogP contribution in [-0.4, -0.2) is 39.8 Å². The lowest BCUT2D eigenvalue weighted by Crippen LogP contribution is -2.85. The van der Waals surface area contributed by atoms with Gasteiger partial charge in [0.1, 0.15) is 16.9 Å². The highest BCUT2D eigenvalue weighted by Gasteiger charge is 2.75. The van der Waals surface area contributed by atoms with Crippen LogP contribution >= 0.6 is 0 Å². The lowest BCUT2D eigenvalue weighted by atomic mass is 9.46. The van der Waals surface area contributed by atoms with Gasteiger partial charge >= 0.3 is 0 Å². The van der Waals surface area contributed by atoms with Crippen molar-refractivity contribution in [2.45, 2.75) is 63.0 Å². The molecule has 4 nitrogen and oxygen atoms in total. The highest BCUT2D eigenvalue weighted by molar-refractivity contribution is 5.84. The first-order chi connectivity index (χ1) is 9.43. The van der Waals surface area contributed by atoms with Gasteiger partial charge in [0.15, 0.2) is 0 Å². The van der Waals surface area contributed by atoms with E-state index >= 15 is 0 Å². The monoisotopic (exact) mass is 279 g/mol. The molecule has 112 valence electrons. The molecule has 1 unspecified atom stereocenters. The number of aliphatic hydroxyl groups is 1. The molecule has 4 aliphatic rings. The van der Waals surface area contributed by atoms with E-state index in [4.69, 9.17) is 0 Å². The second kappa shape index (κ2) is 3.84. The van der Waals surface area contributed by atoms with Crippen LogP contribution in [0.3, 0.4) is 0 Å². The number of piperidine rings is 2. The van der Waals surface area contributed by atoms with Crippen LogP contribution in [0.4, 0.5) is 0 Å². The molecule has 0 amide bonds. The maximum atomic E-state index is 13.6. The summed E-state index contributed by atoms with van der Waals surface area (Å²) >= 11 is 0. The van der Waals surface area contributed by atoms with Crippen LogP contribution < -0.4 is 0 Å². The molecule has 2 saturated carbocycles. The summed E-state index contributed by atoms with van der Waals surface area (Å²) in [6, 6.07) is 0. The van der Waals surface area contributed by atoms with Crippen LogP contribution in [0.25, 0.3) is 0 Å². The van der Waals surface area contributed by atoms with Gasteiger partial charge in [-0.3, -0.25) is 4.79 Å². The van der Waals surface area contributed by atoms with E-state index in [2.05, 4.69) is 6.92 Å². The van der Waals surface area contributed by atoms with Crippen LogP contribution in [0.15, 0.2) is 0 Å². The zero-order valence-corrected chi connectivity index (χ0v) is 12.3. The molecule has 1 N–H and O–H groups in total. The van der Waals surface area contributed by atoms with Crippen molar-refractivity contribution in [1.29, 1.82) is 0 Å². The van der Waals surface area contributed by atoms with Crippen molar-refractivity contribution in [1.82, 2.24) is 0 Å². The second-order valence-electron chi connectivity index (χ2n) is 7.90. The molecule has 1 spiro atoms. The summed E-state index contributed by atoms with van der Waals surface area (Å²) < 4.78 is -0.277. The number of ketones is 1. The van der Waals surface area contributed by atoms with Gasteiger partial charge in [0.25, 0.3) is 0 Å². The van der Waals surface area contributed by atoms with Gasteiger partial charge in [0, 0.05) is 18.8 Å². The lowest BCUT2D eigenvalue weighted by molar-refractivity contribution is -0.959. The minimum Gasteiger partial charge on any atom is -0.632 e. The van der Waals surface area contributed by atoms with E-state index in [1.54, 1.807) is 0 Å². The Morgan fingerprint density at radius 2 is 2.10 bits per heavy atom. The second-order valence-corrected chi connectivity index (χ2v) is 7.90. The average molecular weight is 279 g/mol. The number of hydroxylamine groups is 3. The van der Waals surface area contributed by atoms with E-state index in [1.165, 1.54) is 0 Å². The van der Waals surface area contributed by atoms with Gasteiger partial charge in [-0.2, -0.15) is 0 Å². The molecule has 6 atom stereocenters. The van der Waals surface area contributed by atoms with Crippen molar-refractivity contribution >= 4 is 5.78 Å². The van der Waals surface area contributed by atoms with E-state index < -0.39 is 11.1 Å².